The van der Waals surface area contributed by atoms with Crippen LogP contribution in [0.4, 0.5) is 4.79 Å². The molecule has 6 heteroatoms. The first-order chi connectivity index (χ1) is 13.9. The molecule has 29 heavy (non-hydrogen) atoms. The van der Waals surface area contributed by atoms with Gasteiger partial charge in [0, 0.05) is 13.1 Å². The van der Waals surface area contributed by atoms with Crippen LogP contribution in [0.25, 0.3) is 0 Å². The Morgan fingerprint density at radius 1 is 1.03 bits per heavy atom. The molecule has 2 aromatic carbocycles. The molecule has 0 fully saturated rings. The maximum Gasteiger partial charge on any atom is 0.315 e. The van der Waals surface area contributed by atoms with E-state index in [9.17, 15) is 9.59 Å². The maximum absolute atomic E-state index is 12.6. The second-order valence-electron chi connectivity index (χ2n) is 7.39. The van der Waals surface area contributed by atoms with Gasteiger partial charge in [0.25, 0.3) is 0 Å². The van der Waals surface area contributed by atoms with E-state index in [2.05, 4.69) is 22.0 Å². The van der Waals surface area contributed by atoms with Gasteiger partial charge in [-0.15, -0.1) is 0 Å². The highest BCUT2D eigenvalue weighted by Gasteiger charge is 2.23. The number of hydrogen-bond acceptors (Lipinski definition) is 3. The Bertz CT molecular complexity index is 806. The highest BCUT2D eigenvalue weighted by atomic mass is 16.5. The molecule has 0 saturated carbocycles. The van der Waals surface area contributed by atoms with Crippen molar-refractivity contribution in [3.63, 3.8) is 0 Å². The molecule has 3 amide bonds. The lowest BCUT2D eigenvalue weighted by Crippen LogP contribution is -2.52. The van der Waals surface area contributed by atoms with Crippen molar-refractivity contribution in [1.29, 1.82) is 0 Å². The third-order valence-electron chi connectivity index (χ3n) is 4.66. The summed E-state index contributed by atoms with van der Waals surface area (Å²) in [5, 5.41) is 8.50. The summed E-state index contributed by atoms with van der Waals surface area (Å²) >= 11 is 0. The van der Waals surface area contributed by atoms with Crippen molar-refractivity contribution in [3.8, 4) is 5.75 Å². The summed E-state index contributed by atoms with van der Waals surface area (Å²) in [6.07, 6.45) is 0.654. The fourth-order valence-electron chi connectivity index (χ4n) is 3.04. The smallest absolute Gasteiger partial charge is 0.315 e. The lowest BCUT2D eigenvalue weighted by Gasteiger charge is -2.22. The summed E-state index contributed by atoms with van der Waals surface area (Å²) < 4.78 is 5.38. The number of amides is 3. The SMILES string of the molecule is COc1ccc(C)cc1CCNC(=O)C(NC(=O)NCc1ccccc1)C(C)C. The van der Waals surface area contributed by atoms with Gasteiger partial charge in [-0.05, 0) is 36.5 Å². The molecule has 0 heterocycles. The van der Waals surface area contributed by atoms with Gasteiger partial charge in [0.15, 0.2) is 0 Å². The molecule has 1 unspecified atom stereocenters. The molecule has 0 spiro atoms. The van der Waals surface area contributed by atoms with E-state index in [0.29, 0.717) is 19.5 Å². The average molecular weight is 398 g/mol. The quantitative estimate of drug-likeness (QED) is 0.608. The number of urea groups is 1. The highest BCUT2D eigenvalue weighted by Crippen LogP contribution is 2.19. The van der Waals surface area contributed by atoms with Crippen LogP contribution in [0.15, 0.2) is 48.5 Å². The molecule has 6 nitrogen and oxygen atoms in total. The summed E-state index contributed by atoms with van der Waals surface area (Å²) in [5.74, 6) is 0.580. The predicted molar refractivity (Wildman–Crippen MR) is 115 cm³/mol. The highest BCUT2D eigenvalue weighted by molar-refractivity contribution is 5.87. The molecule has 0 radical (unpaired) electrons. The fourth-order valence-corrected chi connectivity index (χ4v) is 3.04. The minimum Gasteiger partial charge on any atom is -0.496 e. The Morgan fingerprint density at radius 2 is 1.76 bits per heavy atom. The zero-order valence-electron chi connectivity index (χ0n) is 17.6. The molecule has 2 rings (SSSR count). The van der Waals surface area contributed by atoms with E-state index in [-0.39, 0.29) is 17.9 Å². The molecule has 0 bridgehead atoms. The van der Waals surface area contributed by atoms with Crippen LogP contribution in [0.1, 0.15) is 30.5 Å². The Hall–Kier alpha value is -3.02. The number of aryl methyl sites for hydroxylation is 1. The van der Waals surface area contributed by atoms with Crippen molar-refractivity contribution in [2.75, 3.05) is 13.7 Å². The van der Waals surface area contributed by atoms with Gasteiger partial charge in [-0.2, -0.15) is 0 Å². The van der Waals surface area contributed by atoms with E-state index < -0.39 is 6.04 Å². The monoisotopic (exact) mass is 397 g/mol. The molecular formula is C23H31N3O3. The minimum absolute atomic E-state index is 0.0361. The van der Waals surface area contributed by atoms with Crippen LogP contribution in [0.3, 0.4) is 0 Å². The van der Waals surface area contributed by atoms with Crippen molar-refractivity contribution in [2.24, 2.45) is 5.92 Å². The zero-order chi connectivity index (χ0) is 21.2. The minimum atomic E-state index is -0.606. The Kier molecular flexibility index (Phi) is 8.52. The number of methoxy groups -OCH3 is 1. The molecule has 0 saturated heterocycles. The molecular weight excluding hydrogens is 366 g/mol. The first-order valence-electron chi connectivity index (χ1n) is 9.90. The van der Waals surface area contributed by atoms with E-state index >= 15 is 0 Å². The van der Waals surface area contributed by atoms with Crippen molar-refractivity contribution in [1.82, 2.24) is 16.0 Å². The van der Waals surface area contributed by atoms with Crippen LogP contribution in [-0.4, -0.2) is 31.6 Å². The van der Waals surface area contributed by atoms with E-state index in [1.807, 2.05) is 63.2 Å². The van der Waals surface area contributed by atoms with Crippen LogP contribution >= 0.6 is 0 Å². The molecule has 3 N–H and O–H groups in total. The zero-order valence-corrected chi connectivity index (χ0v) is 17.6. The second kappa shape index (κ2) is 11.1. The summed E-state index contributed by atoms with van der Waals surface area (Å²) in [4.78, 5) is 24.9. The maximum atomic E-state index is 12.6. The lowest BCUT2D eigenvalue weighted by atomic mass is 10.0. The number of hydrogen-bond donors (Lipinski definition) is 3. The molecule has 2 aromatic rings. The summed E-state index contributed by atoms with van der Waals surface area (Å²) in [7, 11) is 1.64. The van der Waals surface area contributed by atoms with Gasteiger partial charge in [0.05, 0.1) is 7.11 Å². The molecule has 1 atom stereocenters. The van der Waals surface area contributed by atoms with Crippen LogP contribution in [0.5, 0.6) is 5.75 Å². The molecule has 0 aliphatic heterocycles. The van der Waals surface area contributed by atoms with Gasteiger partial charge >= 0.3 is 6.03 Å². The number of benzene rings is 2. The second-order valence-corrected chi connectivity index (χ2v) is 7.39. The standard InChI is InChI=1S/C23H31N3O3/c1-16(2)21(26-23(28)25-15-18-8-6-5-7-9-18)22(27)24-13-12-19-14-17(3)10-11-20(19)29-4/h5-11,14,16,21H,12-13,15H2,1-4H3,(H,24,27)(H2,25,26,28). The summed E-state index contributed by atoms with van der Waals surface area (Å²) in [6, 6.07) is 14.7. The molecule has 0 aliphatic carbocycles. The molecule has 156 valence electrons. The normalized spacial score (nSPS) is 11.6. The third-order valence-corrected chi connectivity index (χ3v) is 4.66. The van der Waals surface area contributed by atoms with Crippen molar-refractivity contribution < 1.29 is 14.3 Å². The van der Waals surface area contributed by atoms with Crippen LogP contribution in [0.2, 0.25) is 0 Å². The van der Waals surface area contributed by atoms with Gasteiger partial charge in [-0.1, -0.05) is 61.9 Å². The molecule has 0 aliphatic rings. The fraction of sp³-hybridized carbons (Fsp3) is 0.391. The largest absolute Gasteiger partial charge is 0.496 e. The third kappa shape index (κ3) is 7.14. The first-order valence-corrected chi connectivity index (χ1v) is 9.90. The van der Waals surface area contributed by atoms with Crippen LogP contribution in [-0.2, 0) is 17.8 Å². The number of carbonyl (C=O) groups is 2. The van der Waals surface area contributed by atoms with Crippen molar-refractivity contribution >= 4 is 11.9 Å². The lowest BCUT2D eigenvalue weighted by molar-refractivity contribution is -0.123. The topological polar surface area (TPSA) is 79.5 Å². The van der Waals surface area contributed by atoms with E-state index in [1.54, 1.807) is 7.11 Å². The van der Waals surface area contributed by atoms with E-state index in [0.717, 1.165) is 22.4 Å². The van der Waals surface area contributed by atoms with E-state index in [1.165, 1.54) is 0 Å². The van der Waals surface area contributed by atoms with Gasteiger partial charge < -0.3 is 20.7 Å². The predicted octanol–water partition coefficient (Wildman–Crippen LogP) is 3.19. The van der Waals surface area contributed by atoms with Crippen molar-refractivity contribution in [3.05, 3.63) is 65.2 Å². The molecule has 0 aromatic heterocycles. The van der Waals surface area contributed by atoms with Crippen molar-refractivity contribution in [2.45, 2.75) is 39.8 Å². The Balaban J connectivity index is 1.85. The number of carbonyl (C=O) groups excluding carboxylic acids is 2. The van der Waals surface area contributed by atoms with Gasteiger partial charge in [0.2, 0.25) is 5.91 Å². The van der Waals surface area contributed by atoms with Gasteiger partial charge in [0.1, 0.15) is 11.8 Å². The number of ether oxygens (including phenoxy) is 1. The Labute approximate surface area is 173 Å². The number of rotatable bonds is 9. The number of nitrogens with one attached hydrogen (secondary N) is 3. The van der Waals surface area contributed by atoms with Crippen LogP contribution in [0, 0.1) is 12.8 Å². The summed E-state index contributed by atoms with van der Waals surface area (Å²) in [6.45, 7) is 6.71. The van der Waals surface area contributed by atoms with Crippen LogP contribution < -0.4 is 20.7 Å². The summed E-state index contributed by atoms with van der Waals surface area (Å²) in [5.41, 5.74) is 3.19. The first kappa shape index (κ1) is 22.3. The van der Waals surface area contributed by atoms with Gasteiger partial charge in [-0.3, -0.25) is 4.79 Å². The Morgan fingerprint density at radius 3 is 2.41 bits per heavy atom. The van der Waals surface area contributed by atoms with Gasteiger partial charge in [-0.25, -0.2) is 4.79 Å². The average Bonchev–Trinajstić information content (AvgIpc) is 2.71. The van der Waals surface area contributed by atoms with E-state index in [4.69, 9.17) is 4.74 Å².